The molecular weight excluding hydrogens is 444 g/mol. The van der Waals surface area contributed by atoms with E-state index in [0.717, 1.165) is 32.4 Å². The monoisotopic (exact) mass is 474 g/mol. The zero-order valence-electron chi connectivity index (χ0n) is 18.6. The van der Waals surface area contributed by atoms with E-state index in [2.05, 4.69) is 27.0 Å². The van der Waals surface area contributed by atoms with Gasteiger partial charge in [0.2, 0.25) is 0 Å². The molecule has 1 unspecified atom stereocenters. The first-order valence-electron chi connectivity index (χ1n) is 10.1. The highest BCUT2D eigenvalue weighted by Gasteiger charge is 2.18. The van der Waals surface area contributed by atoms with Gasteiger partial charge < -0.3 is 14.7 Å². The van der Waals surface area contributed by atoms with E-state index in [-0.39, 0.29) is 5.92 Å². The summed E-state index contributed by atoms with van der Waals surface area (Å²) in [7, 11) is 3.25. The van der Waals surface area contributed by atoms with Gasteiger partial charge in [0.1, 0.15) is 4.60 Å². The van der Waals surface area contributed by atoms with E-state index in [1.807, 2.05) is 70.3 Å². The van der Waals surface area contributed by atoms with Crippen molar-refractivity contribution in [2.45, 2.75) is 40.0 Å². The first kappa shape index (κ1) is 25.4. The van der Waals surface area contributed by atoms with E-state index in [1.165, 1.54) is 12.4 Å². The van der Waals surface area contributed by atoms with Crippen LogP contribution in [0, 0.1) is 5.21 Å². The minimum Gasteiger partial charge on any atom is -0.619 e. The minimum absolute atomic E-state index is 0.0675. The summed E-state index contributed by atoms with van der Waals surface area (Å²) in [5.41, 5.74) is 3.24. The van der Waals surface area contributed by atoms with Gasteiger partial charge in [0, 0.05) is 24.2 Å². The van der Waals surface area contributed by atoms with Crippen LogP contribution < -0.4 is 14.2 Å². The molecule has 3 aromatic rings. The fourth-order valence-electron chi connectivity index (χ4n) is 2.91. The molecule has 1 aromatic carbocycles. The summed E-state index contributed by atoms with van der Waals surface area (Å²) in [4.78, 5) is 4.36. The molecule has 0 aliphatic rings. The van der Waals surface area contributed by atoms with Crippen molar-refractivity contribution in [3.05, 3.63) is 87.6 Å². The van der Waals surface area contributed by atoms with E-state index >= 15 is 0 Å². The zero-order chi connectivity index (χ0) is 22.5. The maximum absolute atomic E-state index is 11.3. The second kappa shape index (κ2) is 13.6. The summed E-state index contributed by atoms with van der Waals surface area (Å²) in [5, 5.41) is 11.3. The van der Waals surface area contributed by atoms with Gasteiger partial charge in [-0.25, -0.2) is 4.98 Å². The number of hydrogen-bond acceptors (Lipinski definition) is 4. The predicted molar refractivity (Wildman–Crippen MR) is 125 cm³/mol. The van der Waals surface area contributed by atoms with Crippen molar-refractivity contribution < 1.29 is 14.2 Å². The summed E-state index contributed by atoms with van der Waals surface area (Å²) in [6, 6.07) is 13.6. The predicted octanol–water partition coefficient (Wildman–Crippen LogP) is 5.92. The number of methoxy groups -OCH3 is 2. The third-order valence-corrected chi connectivity index (χ3v) is 4.74. The van der Waals surface area contributed by atoms with Crippen LogP contribution in [0.25, 0.3) is 0 Å². The van der Waals surface area contributed by atoms with E-state index in [1.54, 1.807) is 14.2 Å². The Morgan fingerprint density at radius 1 is 0.900 bits per heavy atom. The molecule has 0 fully saturated rings. The molecule has 0 saturated heterocycles. The van der Waals surface area contributed by atoms with Gasteiger partial charge in [-0.2, -0.15) is 4.73 Å². The molecular formula is C24H31BrN2O3. The second-order valence-electron chi connectivity index (χ2n) is 5.85. The Morgan fingerprint density at radius 2 is 1.50 bits per heavy atom. The fraction of sp³-hybridized carbons (Fsp3) is 0.333. The molecule has 0 N–H and O–H groups in total. The van der Waals surface area contributed by atoms with Gasteiger partial charge in [-0.05, 0) is 57.2 Å². The largest absolute Gasteiger partial charge is 0.619 e. The highest BCUT2D eigenvalue weighted by molar-refractivity contribution is 9.10. The Morgan fingerprint density at radius 3 is 2.03 bits per heavy atom. The number of rotatable bonds is 6. The lowest BCUT2D eigenvalue weighted by molar-refractivity contribution is -0.605. The van der Waals surface area contributed by atoms with Crippen LogP contribution in [-0.2, 0) is 6.42 Å². The molecule has 2 aromatic heterocycles. The molecule has 6 heteroatoms. The van der Waals surface area contributed by atoms with Gasteiger partial charge in [-0.15, -0.1) is 0 Å². The molecule has 0 bridgehead atoms. The number of aromatic nitrogens is 2. The van der Waals surface area contributed by atoms with Gasteiger partial charge in [0.15, 0.2) is 23.9 Å². The average molecular weight is 475 g/mol. The number of hydrogen-bond donors (Lipinski definition) is 0. The van der Waals surface area contributed by atoms with Crippen molar-refractivity contribution in [1.82, 2.24) is 4.98 Å². The van der Waals surface area contributed by atoms with Crippen molar-refractivity contribution >= 4 is 15.9 Å². The van der Waals surface area contributed by atoms with Gasteiger partial charge >= 0.3 is 0 Å². The highest BCUT2D eigenvalue weighted by atomic mass is 79.9. The number of ether oxygens (including phenoxy) is 2. The van der Waals surface area contributed by atoms with Crippen LogP contribution in [0.15, 0.2) is 65.7 Å². The molecule has 2 heterocycles. The number of pyridine rings is 2. The SMILES string of the molecule is CC.CC.COc1ccc(C(Cc2cc[n+]([O-])cc2)c2ccc(Br)nc2)cc1OC. The summed E-state index contributed by atoms with van der Waals surface area (Å²) in [6.45, 7) is 8.00. The van der Waals surface area contributed by atoms with Crippen LogP contribution in [0.5, 0.6) is 11.5 Å². The maximum atomic E-state index is 11.3. The Kier molecular flexibility index (Phi) is 11.5. The molecule has 162 valence electrons. The topological polar surface area (TPSA) is 58.3 Å². The van der Waals surface area contributed by atoms with Crippen LogP contribution in [-0.4, -0.2) is 19.2 Å². The number of halogens is 1. The maximum Gasteiger partial charge on any atom is 0.180 e. The Labute approximate surface area is 188 Å². The number of nitrogens with zero attached hydrogens (tertiary/aromatic N) is 2. The van der Waals surface area contributed by atoms with E-state index < -0.39 is 0 Å². The molecule has 0 saturated carbocycles. The molecule has 0 radical (unpaired) electrons. The Hall–Kier alpha value is -2.60. The quantitative estimate of drug-likeness (QED) is 0.252. The van der Waals surface area contributed by atoms with Crippen molar-refractivity contribution in [3.8, 4) is 11.5 Å². The van der Waals surface area contributed by atoms with E-state index in [4.69, 9.17) is 9.47 Å². The van der Waals surface area contributed by atoms with Gasteiger partial charge in [-0.3, -0.25) is 0 Å². The third kappa shape index (κ3) is 7.02. The fourth-order valence-corrected chi connectivity index (χ4v) is 3.14. The molecule has 5 nitrogen and oxygen atoms in total. The molecule has 30 heavy (non-hydrogen) atoms. The lowest BCUT2D eigenvalue weighted by Crippen LogP contribution is -2.24. The molecule has 0 amide bonds. The lowest BCUT2D eigenvalue weighted by atomic mass is 9.87. The van der Waals surface area contributed by atoms with Crippen LogP contribution in [0.2, 0.25) is 0 Å². The summed E-state index contributed by atoms with van der Waals surface area (Å²) in [5.74, 6) is 1.44. The second-order valence-corrected chi connectivity index (χ2v) is 6.66. The lowest BCUT2D eigenvalue weighted by Gasteiger charge is -2.19. The molecule has 0 aliphatic heterocycles. The van der Waals surface area contributed by atoms with E-state index in [0.29, 0.717) is 11.5 Å². The van der Waals surface area contributed by atoms with Crippen molar-refractivity contribution in [1.29, 1.82) is 0 Å². The Bertz CT molecular complexity index is 869. The highest BCUT2D eigenvalue weighted by Crippen LogP contribution is 2.35. The first-order valence-corrected chi connectivity index (χ1v) is 10.9. The minimum atomic E-state index is 0.0675. The van der Waals surface area contributed by atoms with Crippen molar-refractivity contribution in [2.24, 2.45) is 0 Å². The van der Waals surface area contributed by atoms with Gasteiger partial charge in [-0.1, -0.05) is 39.8 Å². The standard InChI is InChI=1S/C20H19BrN2O3.2C2H6/c1-25-18-5-3-15(12-19(18)26-2)17(16-4-6-20(21)22-13-16)11-14-7-9-23(24)10-8-14;2*1-2/h3-10,12-13,17H,11H2,1-2H3;2*1-2H3. The van der Waals surface area contributed by atoms with Gasteiger partial charge in [0.05, 0.1) is 14.2 Å². The number of benzene rings is 1. The molecule has 1 atom stereocenters. The van der Waals surface area contributed by atoms with Crippen LogP contribution >= 0.6 is 15.9 Å². The summed E-state index contributed by atoms with van der Waals surface area (Å²) < 4.78 is 12.4. The zero-order valence-corrected chi connectivity index (χ0v) is 20.1. The first-order chi connectivity index (χ1) is 14.6. The van der Waals surface area contributed by atoms with Crippen LogP contribution in [0.4, 0.5) is 0 Å². The molecule has 0 aliphatic carbocycles. The smallest absolute Gasteiger partial charge is 0.180 e. The summed E-state index contributed by atoms with van der Waals surface area (Å²) in [6.07, 6.45) is 5.63. The van der Waals surface area contributed by atoms with E-state index in [9.17, 15) is 5.21 Å². The average Bonchev–Trinajstić information content (AvgIpc) is 2.81. The third-order valence-electron chi connectivity index (χ3n) is 4.27. The van der Waals surface area contributed by atoms with Crippen molar-refractivity contribution in [3.63, 3.8) is 0 Å². The van der Waals surface area contributed by atoms with Gasteiger partial charge in [0.25, 0.3) is 0 Å². The van der Waals surface area contributed by atoms with Crippen LogP contribution in [0.1, 0.15) is 50.3 Å². The molecule has 3 rings (SSSR count). The Balaban J connectivity index is 0.00000106. The van der Waals surface area contributed by atoms with Crippen LogP contribution in [0.3, 0.4) is 0 Å². The molecule has 0 spiro atoms. The normalized spacial score (nSPS) is 10.6. The summed E-state index contributed by atoms with van der Waals surface area (Å²) >= 11 is 3.38. The van der Waals surface area contributed by atoms with Crippen molar-refractivity contribution in [2.75, 3.05) is 14.2 Å².